The molecule has 1 aliphatic rings. The lowest BCUT2D eigenvalue weighted by Crippen LogP contribution is -2.58. The second-order valence-electron chi connectivity index (χ2n) is 7.71. The first-order valence-corrected chi connectivity index (χ1v) is 7.44. The SMILES string of the molecule is CC(C)=C1C(=C(C)C)C(C)(C)[B]C(C)(C)N1C(C)C. The fourth-order valence-electron chi connectivity index (χ4n) is 4.03. The van der Waals surface area contributed by atoms with E-state index in [4.69, 9.17) is 0 Å². The van der Waals surface area contributed by atoms with Crippen molar-refractivity contribution in [3.8, 4) is 0 Å². The van der Waals surface area contributed by atoms with Crippen LogP contribution in [0.1, 0.15) is 69.2 Å². The van der Waals surface area contributed by atoms with Gasteiger partial charge in [-0.1, -0.05) is 25.0 Å². The van der Waals surface area contributed by atoms with Gasteiger partial charge in [-0.2, -0.15) is 0 Å². The molecule has 1 radical (unpaired) electrons. The Morgan fingerprint density at radius 2 is 1.42 bits per heavy atom. The third kappa shape index (κ3) is 2.93. The molecule has 0 aromatic heterocycles. The quantitative estimate of drug-likeness (QED) is 0.601. The van der Waals surface area contributed by atoms with Crippen molar-refractivity contribution in [3.63, 3.8) is 0 Å². The van der Waals surface area contributed by atoms with Crippen LogP contribution in [0.5, 0.6) is 0 Å². The summed E-state index contributed by atoms with van der Waals surface area (Å²) in [5.41, 5.74) is 5.88. The normalized spacial score (nSPS) is 21.5. The van der Waals surface area contributed by atoms with Crippen LogP contribution in [0.25, 0.3) is 0 Å². The molecule has 1 aliphatic heterocycles. The molecule has 19 heavy (non-hydrogen) atoms. The van der Waals surface area contributed by atoms with Crippen molar-refractivity contribution in [2.24, 2.45) is 0 Å². The number of nitrogens with zero attached hydrogens (tertiary/aromatic N) is 1. The molecule has 0 aromatic carbocycles. The molecule has 0 aliphatic carbocycles. The first-order valence-electron chi connectivity index (χ1n) is 7.44. The maximum atomic E-state index is 2.58. The standard InChI is InChI=1S/C17H31BN/c1-11(2)14-15(12(3)4)19(13(5)6)17(9,10)18-16(14,7)8/h13H,1-10H3. The van der Waals surface area contributed by atoms with Crippen LogP contribution in [0, 0.1) is 0 Å². The highest BCUT2D eigenvalue weighted by Gasteiger charge is 2.46. The summed E-state index contributed by atoms with van der Waals surface area (Å²) in [7, 11) is 2.51. The topological polar surface area (TPSA) is 3.24 Å². The third-order valence-electron chi connectivity index (χ3n) is 3.95. The first kappa shape index (κ1) is 16.4. The number of hydrogen-bond acceptors (Lipinski definition) is 1. The van der Waals surface area contributed by atoms with Crippen LogP contribution >= 0.6 is 0 Å². The average Bonchev–Trinajstić information content (AvgIpc) is 2.10. The summed E-state index contributed by atoms with van der Waals surface area (Å²) in [5, 5.41) is 0.125. The second kappa shape index (κ2) is 5.03. The van der Waals surface area contributed by atoms with Crippen molar-refractivity contribution < 1.29 is 0 Å². The van der Waals surface area contributed by atoms with E-state index in [1.165, 1.54) is 22.4 Å². The van der Waals surface area contributed by atoms with Gasteiger partial charge in [-0.3, -0.25) is 0 Å². The van der Waals surface area contributed by atoms with E-state index in [1.807, 2.05) is 0 Å². The van der Waals surface area contributed by atoms with Gasteiger partial charge < -0.3 is 4.90 Å². The molecule has 1 rings (SSSR count). The van der Waals surface area contributed by atoms with Crippen LogP contribution in [0.2, 0.25) is 5.31 Å². The van der Waals surface area contributed by atoms with Gasteiger partial charge in [0.05, 0.1) is 0 Å². The fraction of sp³-hybridized carbons (Fsp3) is 0.765. The molecule has 0 amide bonds. The number of rotatable bonds is 1. The van der Waals surface area contributed by atoms with Crippen LogP contribution in [0.4, 0.5) is 0 Å². The summed E-state index contributed by atoms with van der Waals surface area (Å²) >= 11 is 0. The van der Waals surface area contributed by atoms with Gasteiger partial charge in [0.25, 0.3) is 0 Å². The van der Waals surface area contributed by atoms with Gasteiger partial charge in [0.15, 0.2) is 7.28 Å². The smallest absolute Gasteiger partial charge is 0.157 e. The lowest BCUT2D eigenvalue weighted by molar-refractivity contribution is 0.182. The second-order valence-corrected chi connectivity index (χ2v) is 7.71. The largest absolute Gasteiger partial charge is 0.372 e. The molecule has 2 heteroatoms. The van der Waals surface area contributed by atoms with Crippen molar-refractivity contribution in [1.82, 2.24) is 4.90 Å². The van der Waals surface area contributed by atoms with Crippen molar-refractivity contribution in [1.29, 1.82) is 0 Å². The molecular weight excluding hydrogens is 229 g/mol. The zero-order valence-electron chi connectivity index (χ0n) is 14.6. The van der Waals surface area contributed by atoms with Crippen molar-refractivity contribution in [2.45, 2.75) is 86.0 Å². The van der Waals surface area contributed by atoms with Gasteiger partial charge in [-0.05, 0) is 66.3 Å². The minimum atomic E-state index is 0.0865. The molecular formula is C17H31BN. The predicted molar refractivity (Wildman–Crippen MR) is 87.6 cm³/mol. The number of hydrogen-bond donors (Lipinski definition) is 0. The molecule has 1 heterocycles. The maximum absolute atomic E-state index is 2.58. The summed E-state index contributed by atoms with van der Waals surface area (Å²) in [6.45, 7) is 22.9. The van der Waals surface area contributed by atoms with Gasteiger partial charge in [0.1, 0.15) is 0 Å². The highest BCUT2D eigenvalue weighted by atomic mass is 15.2. The van der Waals surface area contributed by atoms with Gasteiger partial charge in [-0.15, -0.1) is 0 Å². The Kier molecular flexibility index (Phi) is 4.34. The summed E-state index contributed by atoms with van der Waals surface area (Å²) < 4.78 is 0. The van der Waals surface area contributed by atoms with Crippen molar-refractivity contribution >= 4 is 7.28 Å². The van der Waals surface area contributed by atoms with Crippen molar-refractivity contribution in [2.75, 3.05) is 0 Å². The van der Waals surface area contributed by atoms with Crippen LogP contribution in [-0.2, 0) is 0 Å². The highest BCUT2D eigenvalue weighted by Crippen LogP contribution is 2.51. The molecule has 107 valence electrons. The van der Waals surface area contributed by atoms with Gasteiger partial charge in [-0.25, -0.2) is 0 Å². The van der Waals surface area contributed by atoms with Crippen LogP contribution < -0.4 is 0 Å². The Labute approximate surface area is 121 Å². The Balaban J connectivity index is 3.61. The first-order chi connectivity index (χ1) is 8.42. The highest BCUT2D eigenvalue weighted by molar-refractivity contribution is 6.46. The molecule has 1 saturated heterocycles. The summed E-state index contributed by atoms with van der Waals surface area (Å²) in [6.07, 6.45) is 0. The van der Waals surface area contributed by atoms with Crippen LogP contribution in [0.3, 0.4) is 0 Å². The zero-order valence-corrected chi connectivity index (χ0v) is 14.6. The van der Waals surface area contributed by atoms with Crippen molar-refractivity contribution in [3.05, 3.63) is 22.4 Å². The Bertz CT molecular complexity index is 417. The van der Waals surface area contributed by atoms with E-state index in [0.29, 0.717) is 6.04 Å². The van der Waals surface area contributed by atoms with E-state index in [0.717, 1.165) is 0 Å². The van der Waals surface area contributed by atoms with Gasteiger partial charge in [0, 0.05) is 17.2 Å². The van der Waals surface area contributed by atoms with Gasteiger partial charge >= 0.3 is 0 Å². The van der Waals surface area contributed by atoms with E-state index in [9.17, 15) is 0 Å². The minimum absolute atomic E-state index is 0.0865. The molecule has 1 nitrogen and oxygen atoms in total. The third-order valence-corrected chi connectivity index (χ3v) is 3.95. The van der Waals surface area contributed by atoms with E-state index in [1.54, 1.807) is 0 Å². The Morgan fingerprint density at radius 3 is 1.74 bits per heavy atom. The summed E-state index contributed by atoms with van der Waals surface area (Å²) in [5.74, 6) is 0. The molecule has 0 spiro atoms. The molecule has 0 aromatic rings. The van der Waals surface area contributed by atoms with Gasteiger partial charge in [0.2, 0.25) is 0 Å². The van der Waals surface area contributed by atoms with E-state index in [2.05, 4.69) is 81.4 Å². The van der Waals surface area contributed by atoms with E-state index in [-0.39, 0.29) is 10.8 Å². The van der Waals surface area contributed by atoms with E-state index >= 15 is 0 Å². The molecule has 0 atom stereocenters. The summed E-state index contributed by atoms with van der Waals surface area (Å²) in [4.78, 5) is 2.58. The zero-order chi connectivity index (χ0) is 15.2. The molecule has 0 N–H and O–H groups in total. The molecule has 1 fully saturated rings. The monoisotopic (exact) mass is 260 g/mol. The average molecular weight is 260 g/mol. The molecule has 0 unspecified atom stereocenters. The fourth-order valence-corrected chi connectivity index (χ4v) is 4.03. The Hall–Kier alpha value is -0.655. The molecule has 0 saturated carbocycles. The predicted octanol–water partition coefficient (Wildman–Crippen LogP) is 4.98. The minimum Gasteiger partial charge on any atom is -0.372 e. The van der Waals surface area contributed by atoms with Crippen LogP contribution in [-0.4, -0.2) is 23.7 Å². The van der Waals surface area contributed by atoms with Crippen LogP contribution in [0.15, 0.2) is 22.4 Å². The number of allylic oxidation sites excluding steroid dienone is 3. The Morgan fingerprint density at radius 1 is 0.947 bits per heavy atom. The summed E-state index contributed by atoms with van der Waals surface area (Å²) in [6, 6.07) is 0.501. The lowest BCUT2D eigenvalue weighted by atomic mass is 9.38. The maximum Gasteiger partial charge on any atom is 0.157 e. The molecule has 0 bridgehead atoms. The van der Waals surface area contributed by atoms with E-state index < -0.39 is 0 Å². The lowest BCUT2D eigenvalue weighted by Gasteiger charge is -2.55.